The van der Waals surface area contributed by atoms with Gasteiger partial charge in [0.25, 0.3) is 0 Å². The monoisotopic (exact) mass is 314 g/mol. The molecule has 0 aromatic carbocycles. The summed E-state index contributed by atoms with van der Waals surface area (Å²) >= 11 is 0. The van der Waals surface area contributed by atoms with Crippen LogP contribution in [0.4, 0.5) is 0 Å². The lowest BCUT2D eigenvalue weighted by Crippen LogP contribution is -2.31. The van der Waals surface area contributed by atoms with Gasteiger partial charge in [0.2, 0.25) is 10.0 Å². The van der Waals surface area contributed by atoms with Gasteiger partial charge in [0.05, 0.1) is 11.4 Å². The molecule has 21 heavy (non-hydrogen) atoms. The first-order valence-corrected chi connectivity index (χ1v) is 9.21. The number of sulfonamides is 1. The number of nitrogens with zero attached hydrogens (tertiary/aromatic N) is 2. The highest BCUT2D eigenvalue weighted by Crippen LogP contribution is 2.17. The van der Waals surface area contributed by atoms with Gasteiger partial charge in [-0.25, -0.2) is 13.1 Å². The van der Waals surface area contributed by atoms with Crippen LogP contribution in [0.3, 0.4) is 0 Å². The number of aryl methyl sites for hydroxylation is 2. The van der Waals surface area contributed by atoms with Crippen molar-refractivity contribution in [1.29, 1.82) is 0 Å². The van der Waals surface area contributed by atoms with Gasteiger partial charge in [0, 0.05) is 24.8 Å². The molecule has 1 aromatic heterocycles. The maximum atomic E-state index is 12.1. The Morgan fingerprint density at radius 2 is 2.00 bits per heavy atom. The third kappa shape index (κ3) is 4.52. The summed E-state index contributed by atoms with van der Waals surface area (Å²) in [5, 5.41) is 7.60. The fourth-order valence-corrected chi connectivity index (χ4v) is 3.97. The van der Waals surface area contributed by atoms with E-state index in [0.717, 1.165) is 49.3 Å². The van der Waals surface area contributed by atoms with Crippen molar-refractivity contribution in [2.75, 3.05) is 18.8 Å². The fraction of sp³-hybridized carbons (Fsp3) is 0.786. The second kappa shape index (κ2) is 6.89. The van der Waals surface area contributed by atoms with Gasteiger partial charge in [-0.3, -0.25) is 4.68 Å². The molecular formula is C14H26N4O2S. The summed E-state index contributed by atoms with van der Waals surface area (Å²) in [5.41, 5.74) is 2.87. The standard InChI is InChI=1S/C14H26N4O2S/c1-11-14(12(2)18(3)17-11)10-16-21(19,20)9-6-13-4-7-15-8-5-13/h13,15-16H,4-10H2,1-3H3. The van der Waals surface area contributed by atoms with E-state index in [2.05, 4.69) is 15.1 Å². The Kier molecular flexibility index (Phi) is 5.40. The molecule has 0 unspecified atom stereocenters. The molecule has 2 N–H and O–H groups in total. The van der Waals surface area contributed by atoms with Crippen LogP contribution in [0.1, 0.15) is 36.2 Å². The van der Waals surface area contributed by atoms with Crippen LogP contribution in [-0.2, 0) is 23.6 Å². The number of nitrogens with one attached hydrogen (secondary N) is 2. The average Bonchev–Trinajstić information content (AvgIpc) is 2.69. The van der Waals surface area contributed by atoms with E-state index < -0.39 is 10.0 Å². The quantitative estimate of drug-likeness (QED) is 0.816. The summed E-state index contributed by atoms with van der Waals surface area (Å²) in [6.07, 6.45) is 2.91. The molecule has 2 heterocycles. The van der Waals surface area contributed by atoms with Gasteiger partial charge in [0.15, 0.2) is 0 Å². The topological polar surface area (TPSA) is 76.0 Å². The minimum absolute atomic E-state index is 0.218. The molecule has 1 aliphatic rings. The molecule has 1 aromatic rings. The predicted molar refractivity (Wildman–Crippen MR) is 83.5 cm³/mol. The highest BCUT2D eigenvalue weighted by molar-refractivity contribution is 7.89. The minimum Gasteiger partial charge on any atom is -0.317 e. The predicted octanol–water partition coefficient (Wildman–Crippen LogP) is 0.846. The van der Waals surface area contributed by atoms with Gasteiger partial charge in [-0.15, -0.1) is 0 Å². The van der Waals surface area contributed by atoms with E-state index in [4.69, 9.17) is 0 Å². The highest BCUT2D eigenvalue weighted by atomic mass is 32.2. The zero-order valence-electron chi connectivity index (χ0n) is 13.1. The summed E-state index contributed by atoms with van der Waals surface area (Å²) in [4.78, 5) is 0. The van der Waals surface area contributed by atoms with Gasteiger partial charge >= 0.3 is 0 Å². The second-order valence-corrected chi connectivity index (χ2v) is 7.82. The molecule has 0 amide bonds. The van der Waals surface area contributed by atoms with E-state index in [1.165, 1.54) is 0 Å². The van der Waals surface area contributed by atoms with E-state index in [1.54, 1.807) is 4.68 Å². The molecule has 0 atom stereocenters. The smallest absolute Gasteiger partial charge is 0.211 e. The van der Waals surface area contributed by atoms with Crippen LogP contribution in [0.15, 0.2) is 0 Å². The molecular weight excluding hydrogens is 288 g/mol. The van der Waals surface area contributed by atoms with Crippen molar-refractivity contribution < 1.29 is 8.42 Å². The molecule has 0 saturated carbocycles. The molecule has 0 radical (unpaired) electrons. The average molecular weight is 314 g/mol. The Bertz CT molecular complexity index is 574. The van der Waals surface area contributed by atoms with Crippen LogP contribution in [-0.4, -0.2) is 37.0 Å². The third-order valence-electron chi connectivity index (χ3n) is 4.38. The van der Waals surface area contributed by atoms with Gasteiger partial charge < -0.3 is 5.32 Å². The molecule has 0 aliphatic carbocycles. The Balaban J connectivity index is 1.86. The Labute approximate surface area is 127 Å². The van der Waals surface area contributed by atoms with Crippen LogP contribution >= 0.6 is 0 Å². The highest BCUT2D eigenvalue weighted by Gasteiger charge is 2.18. The van der Waals surface area contributed by atoms with Gasteiger partial charge in [-0.05, 0) is 52.1 Å². The van der Waals surface area contributed by atoms with Gasteiger partial charge in [-0.1, -0.05) is 0 Å². The second-order valence-electron chi connectivity index (χ2n) is 5.90. The molecule has 1 aliphatic heterocycles. The van der Waals surface area contributed by atoms with Crippen LogP contribution < -0.4 is 10.0 Å². The van der Waals surface area contributed by atoms with Crippen LogP contribution in [0, 0.1) is 19.8 Å². The number of rotatable bonds is 6. The zero-order valence-corrected chi connectivity index (χ0v) is 14.0. The van der Waals surface area contributed by atoms with Crippen LogP contribution in [0.2, 0.25) is 0 Å². The number of piperidine rings is 1. The molecule has 6 nitrogen and oxygen atoms in total. The molecule has 2 rings (SSSR count). The largest absolute Gasteiger partial charge is 0.317 e. The van der Waals surface area contributed by atoms with E-state index in [0.29, 0.717) is 12.5 Å². The molecule has 0 bridgehead atoms. The summed E-state index contributed by atoms with van der Waals surface area (Å²) < 4.78 is 28.7. The number of hydrogen-bond donors (Lipinski definition) is 2. The zero-order chi connectivity index (χ0) is 15.5. The lowest BCUT2D eigenvalue weighted by Gasteiger charge is -2.22. The van der Waals surface area contributed by atoms with E-state index in [1.807, 2.05) is 20.9 Å². The lowest BCUT2D eigenvalue weighted by atomic mass is 9.96. The van der Waals surface area contributed by atoms with E-state index >= 15 is 0 Å². The maximum absolute atomic E-state index is 12.1. The normalized spacial score (nSPS) is 17.3. The Hall–Kier alpha value is -0.920. The van der Waals surface area contributed by atoms with Crippen LogP contribution in [0.5, 0.6) is 0 Å². The van der Waals surface area contributed by atoms with Crippen molar-refractivity contribution in [2.45, 2.75) is 39.7 Å². The van der Waals surface area contributed by atoms with Crippen molar-refractivity contribution in [2.24, 2.45) is 13.0 Å². The summed E-state index contributed by atoms with van der Waals surface area (Å²) in [6.45, 7) is 6.21. The van der Waals surface area contributed by atoms with Crippen molar-refractivity contribution in [3.63, 3.8) is 0 Å². The maximum Gasteiger partial charge on any atom is 0.211 e. The molecule has 1 saturated heterocycles. The summed E-state index contributed by atoms with van der Waals surface area (Å²) in [5.74, 6) is 0.750. The summed E-state index contributed by atoms with van der Waals surface area (Å²) in [7, 11) is -1.34. The molecule has 1 fully saturated rings. The number of aromatic nitrogens is 2. The van der Waals surface area contributed by atoms with Crippen molar-refractivity contribution in [3.05, 3.63) is 17.0 Å². The summed E-state index contributed by atoms with van der Waals surface area (Å²) in [6, 6.07) is 0. The van der Waals surface area contributed by atoms with Crippen molar-refractivity contribution in [1.82, 2.24) is 19.8 Å². The first-order valence-electron chi connectivity index (χ1n) is 7.56. The third-order valence-corrected chi connectivity index (χ3v) is 5.74. The molecule has 7 heteroatoms. The lowest BCUT2D eigenvalue weighted by molar-refractivity contribution is 0.365. The SMILES string of the molecule is Cc1nn(C)c(C)c1CNS(=O)(=O)CCC1CCNCC1. The molecule has 120 valence electrons. The first-order chi connectivity index (χ1) is 9.89. The van der Waals surface area contributed by atoms with Gasteiger partial charge in [-0.2, -0.15) is 5.10 Å². The first kappa shape index (κ1) is 16.5. The Morgan fingerprint density at radius 3 is 2.57 bits per heavy atom. The van der Waals surface area contributed by atoms with Crippen molar-refractivity contribution >= 4 is 10.0 Å². The fourth-order valence-electron chi connectivity index (χ4n) is 2.82. The minimum atomic E-state index is -3.21. The van der Waals surface area contributed by atoms with Gasteiger partial charge in [0.1, 0.15) is 0 Å². The molecule has 0 spiro atoms. The van der Waals surface area contributed by atoms with E-state index in [9.17, 15) is 8.42 Å². The Morgan fingerprint density at radius 1 is 1.33 bits per heavy atom. The van der Waals surface area contributed by atoms with Crippen LogP contribution in [0.25, 0.3) is 0 Å². The number of hydrogen-bond acceptors (Lipinski definition) is 4. The van der Waals surface area contributed by atoms with E-state index in [-0.39, 0.29) is 5.75 Å². The van der Waals surface area contributed by atoms with Crippen molar-refractivity contribution in [3.8, 4) is 0 Å².